The minimum Gasteiger partial charge on any atom is -0.390 e. The molecule has 2 aromatic rings. The smallest absolute Gasteiger partial charge is 0.252 e. The number of nitrogens with zero attached hydrogens (tertiary/aromatic N) is 2. The molecular weight excluding hydrogens is 356 g/mol. The number of aromatic nitrogens is 1. The van der Waals surface area contributed by atoms with E-state index in [1.165, 1.54) is 11.1 Å². The first-order valence-electron chi connectivity index (χ1n) is 9.76. The highest BCUT2D eigenvalue weighted by atomic mass is 16.5. The Morgan fingerprint density at radius 1 is 1.25 bits per heavy atom. The third-order valence-corrected chi connectivity index (χ3v) is 5.39. The molecule has 1 fully saturated rings. The Bertz CT molecular complexity index is 806. The second-order valence-corrected chi connectivity index (χ2v) is 7.24. The Morgan fingerprint density at radius 2 is 2.04 bits per heavy atom. The van der Waals surface area contributed by atoms with Gasteiger partial charge in [-0.3, -0.25) is 4.79 Å². The van der Waals surface area contributed by atoms with Gasteiger partial charge in [0.05, 0.1) is 24.9 Å². The number of nitrogens with one attached hydrogen (secondary N) is 2. The Kier molecular flexibility index (Phi) is 5.85. The number of anilines is 1. The maximum Gasteiger partial charge on any atom is 0.252 e. The second kappa shape index (κ2) is 8.68. The van der Waals surface area contributed by atoms with Gasteiger partial charge in [-0.15, -0.1) is 0 Å². The number of fused-ring (bicyclic) bond motifs is 1. The molecule has 2 aliphatic rings. The third-order valence-electron chi connectivity index (χ3n) is 5.39. The summed E-state index contributed by atoms with van der Waals surface area (Å²) in [4.78, 5) is 18.9. The average molecular weight is 382 g/mol. The van der Waals surface area contributed by atoms with Crippen molar-refractivity contribution in [1.82, 2.24) is 15.6 Å². The quantitative estimate of drug-likeness (QED) is 0.707. The van der Waals surface area contributed by atoms with Gasteiger partial charge in [0.25, 0.3) is 5.91 Å². The van der Waals surface area contributed by atoms with Crippen LogP contribution < -0.4 is 15.5 Å². The molecule has 0 spiro atoms. The lowest BCUT2D eigenvalue weighted by Gasteiger charge is -2.30. The number of hydrogen-bond donors (Lipinski definition) is 3. The van der Waals surface area contributed by atoms with E-state index in [-0.39, 0.29) is 18.5 Å². The molecule has 1 aromatic carbocycles. The average Bonchev–Trinajstić information content (AvgIpc) is 2.77. The van der Waals surface area contributed by atoms with Crippen molar-refractivity contribution in [2.75, 3.05) is 37.7 Å². The molecular formula is C21H26N4O3. The summed E-state index contributed by atoms with van der Waals surface area (Å²) in [6, 6.07) is 11.8. The summed E-state index contributed by atoms with van der Waals surface area (Å²) in [6.45, 7) is 3.94. The Hall–Kier alpha value is -2.48. The van der Waals surface area contributed by atoms with Crippen molar-refractivity contribution in [3.63, 3.8) is 0 Å². The van der Waals surface area contributed by atoms with Gasteiger partial charge in [-0.2, -0.15) is 0 Å². The van der Waals surface area contributed by atoms with E-state index in [9.17, 15) is 9.90 Å². The first-order chi connectivity index (χ1) is 13.7. The molecule has 3 heterocycles. The van der Waals surface area contributed by atoms with E-state index in [0.717, 1.165) is 31.9 Å². The molecule has 7 nitrogen and oxygen atoms in total. The van der Waals surface area contributed by atoms with Gasteiger partial charge < -0.3 is 25.4 Å². The number of rotatable bonds is 5. The molecule has 7 heteroatoms. The highest BCUT2D eigenvalue weighted by Crippen LogP contribution is 2.18. The highest BCUT2D eigenvalue weighted by molar-refractivity contribution is 5.94. The highest BCUT2D eigenvalue weighted by Gasteiger charge is 2.24. The topological polar surface area (TPSA) is 86.7 Å². The molecule has 2 aliphatic heterocycles. The van der Waals surface area contributed by atoms with Crippen LogP contribution in [0.15, 0.2) is 42.6 Å². The van der Waals surface area contributed by atoms with Crippen molar-refractivity contribution in [3.8, 4) is 0 Å². The first-order valence-corrected chi connectivity index (χ1v) is 9.76. The van der Waals surface area contributed by atoms with Gasteiger partial charge in [0.1, 0.15) is 5.82 Å². The zero-order chi connectivity index (χ0) is 19.3. The molecule has 0 saturated carbocycles. The lowest BCUT2D eigenvalue weighted by molar-refractivity contribution is 0.0869. The van der Waals surface area contributed by atoms with Gasteiger partial charge in [0.15, 0.2) is 0 Å². The van der Waals surface area contributed by atoms with Gasteiger partial charge in [0, 0.05) is 38.4 Å². The number of pyridine rings is 1. The minimum atomic E-state index is -0.655. The number of amides is 1. The monoisotopic (exact) mass is 382 g/mol. The molecule has 28 heavy (non-hydrogen) atoms. The molecule has 2 unspecified atom stereocenters. The fourth-order valence-corrected chi connectivity index (χ4v) is 3.69. The van der Waals surface area contributed by atoms with Crippen LogP contribution in [0, 0.1) is 0 Å². The Balaban J connectivity index is 1.29. The van der Waals surface area contributed by atoms with E-state index in [2.05, 4.69) is 32.7 Å². The maximum atomic E-state index is 12.4. The molecule has 1 saturated heterocycles. The molecule has 0 radical (unpaired) electrons. The number of carbonyl (C=O) groups is 1. The summed E-state index contributed by atoms with van der Waals surface area (Å²) in [7, 11) is 0. The predicted octanol–water partition coefficient (Wildman–Crippen LogP) is 0.723. The molecule has 1 aromatic heterocycles. The molecule has 3 N–H and O–H groups in total. The van der Waals surface area contributed by atoms with Crippen LogP contribution in [0.25, 0.3) is 0 Å². The molecule has 4 rings (SSSR count). The number of aliphatic hydroxyl groups is 1. The van der Waals surface area contributed by atoms with Gasteiger partial charge >= 0.3 is 0 Å². The number of hydrogen-bond acceptors (Lipinski definition) is 6. The second-order valence-electron chi connectivity index (χ2n) is 7.24. The van der Waals surface area contributed by atoms with Crippen LogP contribution in [0.4, 0.5) is 5.82 Å². The van der Waals surface area contributed by atoms with E-state index >= 15 is 0 Å². The van der Waals surface area contributed by atoms with Crippen molar-refractivity contribution in [3.05, 3.63) is 59.3 Å². The van der Waals surface area contributed by atoms with Crippen LogP contribution in [0.2, 0.25) is 0 Å². The SMILES string of the molecule is O=C(NCC(O)C1Cc2ccccc2CN1)c1ccc(N2CCOCC2)nc1. The van der Waals surface area contributed by atoms with Crippen molar-refractivity contribution in [1.29, 1.82) is 0 Å². The fourth-order valence-electron chi connectivity index (χ4n) is 3.69. The van der Waals surface area contributed by atoms with Crippen LogP contribution in [-0.4, -0.2) is 61.0 Å². The molecule has 1 amide bonds. The van der Waals surface area contributed by atoms with E-state index in [4.69, 9.17) is 4.74 Å². The molecule has 0 aliphatic carbocycles. The van der Waals surface area contributed by atoms with Crippen molar-refractivity contribution >= 4 is 11.7 Å². The zero-order valence-corrected chi connectivity index (χ0v) is 15.8. The van der Waals surface area contributed by atoms with Crippen LogP contribution in [-0.2, 0) is 17.7 Å². The van der Waals surface area contributed by atoms with Crippen molar-refractivity contribution < 1.29 is 14.6 Å². The number of benzene rings is 1. The molecule has 0 bridgehead atoms. The normalized spacial score (nSPS) is 20.3. The van der Waals surface area contributed by atoms with Crippen LogP contribution in [0.3, 0.4) is 0 Å². The lowest BCUT2D eigenvalue weighted by Crippen LogP contribution is -2.49. The Morgan fingerprint density at radius 3 is 2.79 bits per heavy atom. The summed E-state index contributed by atoms with van der Waals surface area (Å²) in [5.41, 5.74) is 3.01. The number of morpholine rings is 1. The van der Waals surface area contributed by atoms with Crippen LogP contribution in [0.1, 0.15) is 21.5 Å². The van der Waals surface area contributed by atoms with Gasteiger partial charge in [-0.05, 0) is 29.7 Å². The van der Waals surface area contributed by atoms with Crippen LogP contribution in [0.5, 0.6) is 0 Å². The number of ether oxygens (including phenoxy) is 1. The number of carbonyl (C=O) groups excluding carboxylic acids is 1. The zero-order valence-electron chi connectivity index (χ0n) is 15.8. The lowest BCUT2D eigenvalue weighted by atomic mass is 9.93. The summed E-state index contributed by atoms with van der Waals surface area (Å²) in [6.07, 6.45) is 1.68. The summed E-state index contributed by atoms with van der Waals surface area (Å²) in [5.74, 6) is 0.626. The van der Waals surface area contributed by atoms with E-state index in [1.54, 1.807) is 12.3 Å². The standard InChI is InChI=1S/C21H26N4O3/c26-19(18-11-15-3-1-2-4-16(15)12-22-18)14-24-21(27)17-5-6-20(23-13-17)25-7-9-28-10-8-25/h1-6,13,18-19,22,26H,7-12,14H2,(H,24,27). The number of aliphatic hydroxyl groups excluding tert-OH is 1. The molecule has 2 atom stereocenters. The Labute approximate surface area is 164 Å². The maximum absolute atomic E-state index is 12.4. The van der Waals surface area contributed by atoms with Crippen molar-refractivity contribution in [2.45, 2.75) is 25.1 Å². The first kappa shape index (κ1) is 18.9. The fraction of sp³-hybridized carbons (Fsp3) is 0.429. The third kappa shape index (κ3) is 4.32. The van der Waals surface area contributed by atoms with Crippen molar-refractivity contribution in [2.24, 2.45) is 0 Å². The van der Waals surface area contributed by atoms with Gasteiger partial charge in [0.2, 0.25) is 0 Å². The summed E-state index contributed by atoms with van der Waals surface area (Å²) < 4.78 is 5.34. The largest absolute Gasteiger partial charge is 0.390 e. The van der Waals surface area contributed by atoms with Gasteiger partial charge in [-0.25, -0.2) is 4.98 Å². The van der Waals surface area contributed by atoms with E-state index < -0.39 is 6.10 Å². The summed E-state index contributed by atoms with van der Waals surface area (Å²) in [5, 5.41) is 16.7. The molecule has 148 valence electrons. The summed E-state index contributed by atoms with van der Waals surface area (Å²) >= 11 is 0. The van der Waals surface area contributed by atoms with Gasteiger partial charge in [-0.1, -0.05) is 24.3 Å². The van der Waals surface area contributed by atoms with Crippen LogP contribution >= 0.6 is 0 Å². The van der Waals surface area contributed by atoms with E-state index in [1.807, 2.05) is 18.2 Å². The predicted molar refractivity (Wildman–Crippen MR) is 106 cm³/mol. The minimum absolute atomic E-state index is 0.0722. The van der Waals surface area contributed by atoms with E-state index in [0.29, 0.717) is 18.8 Å².